The van der Waals surface area contributed by atoms with Gasteiger partial charge in [-0.25, -0.2) is 4.98 Å². The second kappa shape index (κ2) is 3.69. The minimum atomic E-state index is -0.702. The maximum Gasteiger partial charge on any atom is 0.316 e. The highest BCUT2D eigenvalue weighted by molar-refractivity contribution is 7.09. The second-order valence-electron chi connectivity index (χ2n) is 3.79. The Labute approximate surface area is 86.8 Å². The van der Waals surface area contributed by atoms with E-state index in [1.807, 2.05) is 5.38 Å². The van der Waals surface area contributed by atoms with Crippen LogP contribution in [0.5, 0.6) is 0 Å². The van der Waals surface area contributed by atoms with Gasteiger partial charge in [0, 0.05) is 11.6 Å². The third kappa shape index (κ3) is 1.43. The predicted octanol–water partition coefficient (Wildman–Crippen LogP) is 2.43. The van der Waals surface area contributed by atoms with Crippen molar-refractivity contribution in [2.45, 2.75) is 37.5 Å². The maximum atomic E-state index is 11.3. The largest absolute Gasteiger partial charge is 0.481 e. The molecule has 0 unspecified atom stereocenters. The van der Waals surface area contributed by atoms with Crippen molar-refractivity contribution in [3.05, 3.63) is 16.6 Å². The van der Waals surface area contributed by atoms with Crippen LogP contribution in [0.4, 0.5) is 0 Å². The molecule has 1 fully saturated rings. The van der Waals surface area contributed by atoms with E-state index < -0.39 is 11.4 Å². The number of aromatic nitrogens is 1. The lowest BCUT2D eigenvalue weighted by Crippen LogP contribution is -2.37. The van der Waals surface area contributed by atoms with E-state index in [9.17, 15) is 9.90 Å². The fourth-order valence-electron chi connectivity index (χ4n) is 2.13. The van der Waals surface area contributed by atoms with Gasteiger partial charge in [0.05, 0.1) is 0 Å². The maximum absolute atomic E-state index is 11.3. The monoisotopic (exact) mass is 211 g/mol. The van der Waals surface area contributed by atoms with Gasteiger partial charge in [0.1, 0.15) is 10.4 Å². The Morgan fingerprint density at radius 3 is 2.64 bits per heavy atom. The molecule has 1 aliphatic rings. The van der Waals surface area contributed by atoms with Gasteiger partial charge in [0.15, 0.2) is 0 Å². The second-order valence-corrected chi connectivity index (χ2v) is 4.68. The number of aliphatic carboxylic acids is 1. The zero-order chi connectivity index (χ0) is 10.0. The van der Waals surface area contributed by atoms with Gasteiger partial charge in [0.2, 0.25) is 0 Å². The molecule has 0 spiro atoms. The third-order valence-electron chi connectivity index (χ3n) is 2.96. The Bertz CT molecular complexity index is 315. The van der Waals surface area contributed by atoms with Gasteiger partial charge >= 0.3 is 5.97 Å². The van der Waals surface area contributed by atoms with Crippen LogP contribution in [0.25, 0.3) is 0 Å². The first-order chi connectivity index (χ1) is 6.76. The molecule has 2 rings (SSSR count). The molecule has 0 amide bonds. The van der Waals surface area contributed by atoms with E-state index in [2.05, 4.69) is 4.98 Å². The lowest BCUT2D eigenvalue weighted by Gasteiger charge is -2.30. The number of hydrogen-bond acceptors (Lipinski definition) is 3. The Morgan fingerprint density at radius 1 is 1.43 bits per heavy atom. The Kier molecular flexibility index (Phi) is 2.54. The molecule has 0 aromatic carbocycles. The topological polar surface area (TPSA) is 50.2 Å². The zero-order valence-electron chi connectivity index (χ0n) is 7.90. The molecule has 1 aromatic rings. The molecule has 1 aliphatic carbocycles. The van der Waals surface area contributed by atoms with Gasteiger partial charge < -0.3 is 5.11 Å². The molecule has 14 heavy (non-hydrogen) atoms. The highest BCUT2D eigenvalue weighted by Gasteiger charge is 2.43. The zero-order valence-corrected chi connectivity index (χ0v) is 8.72. The van der Waals surface area contributed by atoms with Crippen molar-refractivity contribution in [2.75, 3.05) is 0 Å². The van der Waals surface area contributed by atoms with Crippen LogP contribution in [-0.4, -0.2) is 16.1 Å². The van der Waals surface area contributed by atoms with E-state index in [1.165, 1.54) is 11.3 Å². The molecular formula is C10H13NO2S. The van der Waals surface area contributed by atoms with Crippen LogP contribution in [0.3, 0.4) is 0 Å². The molecule has 4 heteroatoms. The number of thiazole rings is 1. The number of carboxylic acids is 1. The van der Waals surface area contributed by atoms with Crippen molar-refractivity contribution in [3.8, 4) is 0 Å². The normalized spacial score (nSPS) is 20.6. The molecule has 0 saturated heterocycles. The number of rotatable bonds is 2. The van der Waals surface area contributed by atoms with E-state index in [-0.39, 0.29) is 0 Å². The molecule has 1 heterocycles. The minimum Gasteiger partial charge on any atom is -0.481 e. The summed E-state index contributed by atoms with van der Waals surface area (Å²) >= 11 is 1.46. The first kappa shape index (κ1) is 9.65. The van der Waals surface area contributed by atoms with E-state index in [0.717, 1.165) is 37.1 Å². The summed E-state index contributed by atoms with van der Waals surface area (Å²) in [4.78, 5) is 15.5. The predicted molar refractivity (Wildman–Crippen MR) is 54.5 cm³/mol. The van der Waals surface area contributed by atoms with Gasteiger partial charge in [-0.2, -0.15) is 0 Å². The smallest absolute Gasteiger partial charge is 0.316 e. The number of nitrogens with zero attached hydrogens (tertiary/aromatic N) is 1. The summed E-state index contributed by atoms with van der Waals surface area (Å²) < 4.78 is 0. The molecule has 3 nitrogen and oxygen atoms in total. The molecule has 1 saturated carbocycles. The first-order valence-electron chi connectivity index (χ1n) is 4.89. The van der Waals surface area contributed by atoms with Gasteiger partial charge in [0.25, 0.3) is 0 Å². The quantitative estimate of drug-likeness (QED) is 0.817. The molecule has 1 aromatic heterocycles. The van der Waals surface area contributed by atoms with Crippen LogP contribution in [0.15, 0.2) is 11.6 Å². The van der Waals surface area contributed by atoms with Crippen molar-refractivity contribution < 1.29 is 9.90 Å². The summed E-state index contributed by atoms with van der Waals surface area (Å²) in [7, 11) is 0. The highest BCUT2D eigenvalue weighted by atomic mass is 32.1. The summed E-state index contributed by atoms with van der Waals surface area (Å²) in [5.74, 6) is -0.702. The van der Waals surface area contributed by atoms with Crippen molar-refractivity contribution >= 4 is 17.3 Å². The number of carboxylic acid groups (broad SMARTS) is 1. The first-order valence-corrected chi connectivity index (χ1v) is 5.77. The fraction of sp³-hybridized carbons (Fsp3) is 0.600. The van der Waals surface area contributed by atoms with Crippen LogP contribution in [0.2, 0.25) is 0 Å². The molecule has 0 radical (unpaired) electrons. The van der Waals surface area contributed by atoms with Crippen LogP contribution >= 0.6 is 11.3 Å². The van der Waals surface area contributed by atoms with Gasteiger partial charge in [-0.15, -0.1) is 11.3 Å². The summed E-state index contributed by atoms with van der Waals surface area (Å²) in [5.41, 5.74) is -0.674. The SMILES string of the molecule is O=C(O)C1(c2nccs2)CCCCC1. The van der Waals surface area contributed by atoms with Crippen LogP contribution in [-0.2, 0) is 10.2 Å². The van der Waals surface area contributed by atoms with Crippen molar-refractivity contribution in [1.29, 1.82) is 0 Å². The fourth-order valence-corrected chi connectivity index (χ4v) is 3.02. The lowest BCUT2D eigenvalue weighted by molar-refractivity contribution is -0.145. The number of carbonyl (C=O) groups is 1. The van der Waals surface area contributed by atoms with Crippen molar-refractivity contribution in [2.24, 2.45) is 0 Å². The molecule has 0 bridgehead atoms. The van der Waals surface area contributed by atoms with Crippen LogP contribution in [0, 0.1) is 0 Å². The Hall–Kier alpha value is -0.900. The van der Waals surface area contributed by atoms with Crippen LogP contribution < -0.4 is 0 Å². The Balaban J connectivity index is 2.35. The van der Waals surface area contributed by atoms with E-state index >= 15 is 0 Å². The van der Waals surface area contributed by atoms with Crippen molar-refractivity contribution in [3.63, 3.8) is 0 Å². The Morgan fingerprint density at radius 2 is 2.14 bits per heavy atom. The van der Waals surface area contributed by atoms with Gasteiger partial charge in [-0.05, 0) is 12.8 Å². The highest BCUT2D eigenvalue weighted by Crippen LogP contribution is 2.40. The summed E-state index contributed by atoms with van der Waals surface area (Å²) in [5, 5.41) is 12.0. The average molecular weight is 211 g/mol. The van der Waals surface area contributed by atoms with E-state index in [1.54, 1.807) is 6.20 Å². The molecular weight excluding hydrogens is 198 g/mol. The van der Waals surface area contributed by atoms with Gasteiger partial charge in [-0.3, -0.25) is 4.79 Å². The molecule has 76 valence electrons. The minimum absolute atomic E-state index is 0.674. The van der Waals surface area contributed by atoms with Crippen LogP contribution in [0.1, 0.15) is 37.1 Å². The third-order valence-corrected chi connectivity index (χ3v) is 3.94. The average Bonchev–Trinajstić information content (AvgIpc) is 2.72. The van der Waals surface area contributed by atoms with Crippen molar-refractivity contribution in [1.82, 2.24) is 4.98 Å². The summed E-state index contributed by atoms with van der Waals surface area (Å²) in [6, 6.07) is 0. The molecule has 0 atom stereocenters. The van der Waals surface area contributed by atoms with E-state index in [0.29, 0.717) is 0 Å². The number of hydrogen-bond donors (Lipinski definition) is 1. The standard InChI is InChI=1S/C10H13NO2S/c12-9(13)10(4-2-1-3-5-10)8-11-6-7-14-8/h6-7H,1-5H2,(H,12,13). The lowest BCUT2D eigenvalue weighted by atomic mass is 9.74. The summed E-state index contributed by atoms with van der Waals surface area (Å²) in [6.45, 7) is 0. The molecule has 0 aliphatic heterocycles. The summed E-state index contributed by atoms with van der Waals surface area (Å²) in [6.07, 6.45) is 6.35. The van der Waals surface area contributed by atoms with E-state index in [4.69, 9.17) is 0 Å². The molecule has 1 N–H and O–H groups in total. The van der Waals surface area contributed by atoms with Gasteiger partial charge in [-0.1, -0.05) is 19.3 Å².